The van der Waals surface area contributed by atoms with Gasteiger partial charge in [-0.1, -0.05) is 6.92 Å². The quantitative estimate of drug-likeness (QED) is 0.608. The van der Waals surface area contributed by atoms with E-state index < -0.39 is 10.8 Å². The number of rotatable bonds is 0. The monoisotopic (exact) mass is 203 g/mol. The van der Waals surface area contributed by atoms with Crippen LogP contribution < -0.4 is 5.32 Å². The first-order valence-electron chi connectivity index (χ1n) is 4.95. The summed E-state index contributed by atoms with van der Waals surface area (Å²) < 4.78 is 17.2. The SMILES string of the molecule is CC1CNC2CCOCC2S(=O)C1. The zero-order valence-electron chi connectivity index (χ0n) is 7.99. The van der Waals surface area contributed by atoms with E-state index in [2.05, 4.69) is 12.2 Å². The lowest BCUT2D eigenvalue weighted by Gasteiger charge is -2.29. The van der Waals surface area contributed by atoms with Crippen LogP contribution in [0.3, 0.4) is 0 Å². The number of fused-ring (bicyclic) bond motifs is 1. The summed E-state index contributed by atoms with van der Waals surface area (Å²) in [5.74, 6) is 1.36. The van der Waals surface area contributed by atoms with Gasteiger partial charge in [-0.25, -0.2) is 0 Å². The van der Waals surface area contributed by atoms with E-state index in [0.717, 1.165) is 25.3 Å². The summed E-state index contributed by atoms with van der Waals surface area (Å²) in [6.07, 6.45) is 1.02. The minimum atomic E-state index is -0.692. The highest BCUT2D eigenvalue weighted by Gasteiger charge is 2.33. The second-order valence-electron chi connectivity index (χ2n) is 4.07. The van der Waals surface area contributed by atoms with Gasteiger partial charge in [0.15, 0.2) is 0 Å². The molecular weight excluding hydrogens is 186 g/mol. The molecule has 4 heteroatoms. The van der Waals surface area contributed by atoms with Crippen LogP contribution in [0.25, 0.3) is 0 Å². The molecule has 2 heterocycles. The Morgan fingerprint density at radius 1 is 1.54 bits per heavy atom. The normalized spacial score (nSPS) is 46.5. The molecule has 0 aromatic heterocycles. The Balaban J connectivity index is 2.08. The van der Waals surface area contributed by atoms with Gasteiger partial charge < -0.3 is 10.1 Å². The first-order valence-corrected chi connectivity index (χ1v) is 6.34. The first-order chi connectivity index (χ1) is 6.27. The van der Waals surface area contributed by atoms with Crippen molar-refractivity contribution in [2.45, 2.75) is 24.6 Å². The van der Waals surface area contributed by atoms with Crippen molar-refractivity contribution in [3.63, 3.8) is 0 Å². The molecule has 0 radical (unpaired) electrons. The van der Waals surface area contributed by atoms with Crippen molar-refractivity contribution in [3.8, 4) is 0 Å². The minimum Gasteiger partial charge on any atom is -0.380 e. The van der Waals surface area contributed by atoms with E-state index in [4.69, 9.17) is 4.74 Å². The van der Waals surface area contributed by atoms with Crippen molar-refractivity contribution in [1.29, 1.82) is 0 Å². The number of hydrogen-bond acceptors (Lipinski definition) is 3. The van der Waals surface area contributed by atoms with Crippen LogP contribution in [0.15, 0.2) is 0 Å². The molecule has 0 saturated carbocycles. The van der Waals surface area contributed by atoms with Crippen molar-refractivity contribution in [1.82, 2.24) is 5.32 Å². The van der Waals surface area contributed by atoms with Crippen molar-refractivity contribution in [3.05, 3.63) is 0 Å². The molecule has 2 aliphatic heterocycles. The van der Waals surface area contributed by atoms with Crippen LogP contribution in [0, 0.1) is 5.92 Å². The summed E-state index contributed by atoms with van der Waals surface area (Å²) in [7, 11) is -0.692. The van der Waals surface area contributed by atoms with Gasteiger partial charge in [-0.15, -0.1) is 0 Å². The summed E-state index contributed by atoms with van der Waals surface area (Å²) in [6, 6.07) is 0.430. The second kappa shape index (κ2) is 4.07. The summed E-state index contributed by atoms with van der Waals surface area (Å²) in [6.45, 7) is 4.66. The molecule has 0 aromatic carbocycles. The highest BCUT2D eigenvalue weighted by Crippen LogP contribution is 2.18. The Bertz CT molecular complexity index is 210. The first kappa shape index (κ1) is 9.62. The molecule has 2 aliphatic rings. The van der Waals surface area contributed by atoms with Gasteiger partial charge in [-0.05, 0) is 18.9 Å². The van der Waals surface area contributed by atoms with Gasteiger partial charge in [-0.2, -0.15) is 0 Å². The molecule has 2 saturated heterocycles. The highest BCUT2D eigenvalue weighted by atomic mass is 32.2. The van der Waals surface area contributed by atoms with Crippen molar-refractivity contribution in [2.24, 2.45) is 5.92 Å². The molecule has 0 spiro atoms. The fraction of sp³-hybridized carbons (Fsp3) is 1.00. The molecule has 4 atom stereocenters. The third-order valence-electron chi connectivity index (χ3n) is 2.82. The summed E-state index contributed by atoms with van der Waals surface area (Å²) in [5, 5.41) is 3.73. The van der Waals surface area contributed by atoms with Crippen LogP contribution in [0.4, 0.5) is 0 Å². The maximum Gasteiger partial charge on any atom is 0.0735 e. The average Bonchev–Trinajstić information content (AvgIpc) is 2.27. The lowest BCUT2D eigenvalue weighted by atomic mass is 10.1. The fourth-order valence-corrected chi connectivity index (χ4v) is 3.79. The van der Waals surface area contributed by atoms with Gasteiger partial charge in [0.25, 0.3) is 0 Å². The Morgan fingerprint density at radius 3 is 3.23 bits per heavy atom. The molecule has 1 N–H and O–H groups in total. The maximum absolute atomic E-state index is 11.9. The van der Waals surface area contributed by atoms with Crippen molar-refractivity contribution >= 4 is 10.8 Å². The van der Waals surface area contributed by atoms with Crippen LogP contribution in [0.5, 0.6) is 0 Å². The topological polar surface area (TPSA) is 38.3 Å². The molecule has 0 amide bonds. The van der Waals surface area contributed by atoms with Crippen LogP contribution in [-0.4, -0.2) is 41.0 Å². The predicted octanol–water partition coefficient (Wildman–Crippen LogP) is 0.132. The molecule has 2 fully saturated rings. The van der Waals surface area contributed by atoms with E-state index in [0.29, 0.717) is 18.6 Å². The Hall–Kier alpha value is 0.0700. The smallest absolute Gasteiger partial charge is 0.0735 e. The van der Waals surface area contributed by atoms with Gasteiger partial charge >= 0.3 is 0 Å². The van der Waals surface area contributed by atoms with Crippen molar-refractivity contribution < 1.29 is 8.95 Å². The minimum absolute atomic E-state index is 0.235. The molecule has 0 bridgehead atoms. The Kier molecular flexibility index (Phi) is 3.01. The van der Waals surface area contributed by atoms with Gasteiger partial charge in [0, 0.05) is 29.2 Å². The molecule has 76 valence electrons. The van der Waals surface area contributed by atoms with E-state index >= 15 is 0 Å². The van der Waals surface area contributed by atoms with E-state index in [1.54, 1.807) is 0 Å². The van der Waals surface area contributed by atoms with E-state index in [9.17, 15) is 4.21 Å². The molecule has 4 unspecified atom stereocenters. The van der Waals surface area contributed by atoms with E-state index in [1.165, 1.54) is 0 Å². The third-order valence-corrected chi connectivity index (χ3v) is 4.86. The van der Waals surface area contributed by atoms with Crippen LogP contribution >= 0.6 is 0 Å². The number of hydrogen-bond donors (Lipinski definition) is 1. The number of nitrogens with one attached hydrogen (secondary N) is 1. The molecule has 0 aromatic rings. The van der Waals surface area contributed by atoms with E-state index in [-0.39, 0.29) is 5.25 Å². The van der Waals surface area contributed by atoms with Gasteiger partial charge in [-0.3, -0.25) is 4.21 Å². The third kappa shape index (κ3) is 2.11. The van der Waals surface area contributed by atoms with E-state index in [1.807, 2.05) is 0 Å². The van der Waals surface area contributed by atoms with Crippen LogP contribution in [0.2, 0.25) is 0 Å². The Morgan fingerprint density at radius 2 is 2.38 bits per heavy atom. The lowest BCUT2D eigenvalue weighted by Crippen LogP contribution is -2.47. The molecule has 0 aliphatic carbocycles. The largest absolute Gasteiger partial charge is 0.380 e. The maximum atomic E-state index is 11.9. The second-order valence-corrected chi connectivity index (χ2v) is 5.77. The van der Waals surface area contributed by atoms with Crippen LogP contribution in [0.1, 0.15) is 13.3 Å². The molecule has 13 heavy (non-hydrogen) atoms. The van der Waals surface area contributed by atoms with Gasteiger partial charge in [0.05, 0.1) is 11.9 Å². The molecule has 3 nitrogen and oxygen atoms in total. The van der Waals surface area contributed by atoms with Gasteiger partial charge in [0.2, 0.25) is 0 Å². The van der Waals surface area contributed by atoms with Crippen LogP contribution in [-0.2, 0) is 15.5 Å². The summed E-state index contributed by atoms with van der Waals surface area (Å²) in [5.41, 5.74) is 0. The zero-order chi connectivity index (χ0) is 9.26. The fourth-order valence-electron chi connectivity index (χ4n) is 2.02. The summed E-state index contributed by atoms with van der Waals surface area (Å²) >= 11 is 0. The highest BCUT2D eigenvalue weighted by molar-refractivity contribution is 7.85. The molecule has 2 rings (SSSR count). The summed E-state index contributed by atoms with van der Waals surface area (Å²) in [4.78, 5) is 0. The van der Waals surface area contributed by atoms with Crippen molar-refractivity contribution in [2.75, 3.05) is 25.5 Å². The zero-order valence-corrected chi connectivity index (χ0v) is 8.81. The lowest BCUT2D eigenvalue weighted by molar-refractivity contribution is 0.0826. The van der Waals surface area contributed by atoms with Gasteiger partial charge in [0.1, 0.15) is 0 Å². The predicted molar refractivity (Wildman–Crippen MR) is 53.2 cm³/mol. The average molecular weight is 203 g/mol. The standard InChI is InChI=1S/C9H17NO2S/c1-7-4-10-8-2-3-12-5-9(8)13(11)6-7/h7-10H,2-6H2,1H3. The Labute approximate surface area is 81.7 Å². The molecular formula is C9H17NO2S. The number of ether oxygens (including phenoxy) is 1.